The minimum absolute atomic E-state index is 0.0707. The van der Waals surface area contributed by atoms with Gasteiger partial charge in [0, 0.05) is 25.1 Å². The Labute approximate surface area is 146 Å². The molecule has 24 heavy (non-hydrogen) atoms. The topological polar surface area (TPSA) is 41.9 Å². The summed E-state index contributed by atoms with van der Waals surface area (Å²) in [6.45, 7) is 2.24. The maximum atomic E-state index is 9.99. The molecule has 0 aromatic heterocycles. The number of aliphatic hydroxyl groups is 1. The Morgan fingerprint density at radius 1 is 1.21 bits per heavy atom. The zero-order chi connectivity index (χ0) is 16.8. The van der Waals surface area contributed by atoms with Crippen molar-refractivity contribution in [2.45, 2.75) is 56.4 Å². The molecule has 0 amide bonds. The van der Waals surface area contributed by atoms with Crippen LogP contribution in [0.3, 0.4) is 0 Å². The van der Waals surface area contributed by atoms with Crippen LogP contribution in [-0.2, 0) is 16.1 Å². The Hall–Kier alpha value is -0.875. The summed E-state index contributed by atoms with van der Waals surface area (Å²) in [5.41, 5.74) is 0.402. The van der Waals surface area contributed by atoms with E-state index in [-0.39, 0.29) is 12.6 Å². The molecule has 1 heterocycles. The molecule has 0 unspecified atom stereocenters. The third-order valence-electron chi connectivity index (χ3n) is 5.16. The number of hydrogen-bond acceptors (Lipinski definition) is 4. The van der Waals surface area contributed by atoms with E-state index in [4.69, 9.17) is 17.3 Å². The minimum atomic E-state index is -0.718. The van der Waals surface area contributed by atoms with E-state index in [2.05, 4.69) is 4.90 Å². The van der Waals surface area contributed by atoms with Gasteiger partial charge in [-0.25, -0.2) is 0 Å². The van der Waals surface area contributed by atoms with Gasteiger partial charge in [-0.1, -0.05) is 49.6 Å². The molecule has 1 saturated carbocycles. The highest BCUT2D eigenvalue weighted by atomic mass is 16.6. The smallest absolute Gasteiger partial charge is 0.126 e. The van der Waals surface area contributed by atoms with Crippen LogP contribution in [0.15, 0.2) is 30.3 Å². The second-order valence-electron chi connectivity index (χ2n) is 7.20. The first kappa shape index (κ1) is 17.9. The molecule has 2 aliphatic rings. The summed E-state index contributed by atoms with van der Waals surface area (Å²) >= 11 is 0. The molecule has 1 saturated heterocycles. The van der Waals surface area contributed by atoms with E-state index in [0.717, 1.165) is 12.1 Å². The molecular weight excluding hydrogens is 301 g/mol. The molecule has 1 aliphatic heterocycles. The third-order valence-corrected chi connectivity index (χ3v) is 5.16. The first-order chi connectivity index (χ1) is 11.7. The maximum absolute atomic E-state index is 9.99. The van der Waals surface area contributed by atoms with Crippen molar-refractivity contribution in [1.82, 2.24) is 4.90 Å². The maximum Gasteiger partial charge on any atom is 0.126 e. The molecule has 2 fully saturated rings. The first-order valence-electron chi connectivity index (χ1n) is 9.11. The predicted molar refractivity (Wildman–Crippen MR) is 95.0 cm³/mol. The fourth-order valence-corrected chi connectivity index (χ4v) is 3.93. The highest BCUT2D eigenvalue weighted by Gasteiger charge is 2.41. The molecule has 0 bridgehead atoms. The van der Waals surface area contributed by atoms with Crippen molar-refractivity contribution in [3.8, 4) is 0 Å². The number of ether oxygens (including phenoxy) is 2. The monoisotopic (exact) mass is 329 g/mol. The van der Waals surface area contributed by atoms with Gasteiger partial charge in [0.05, 0.1) is 19.8 Å². The quantitative estimate of drug-likeness (QED) is 0.812. The lowest BCUT2D eigenvalue weighted by molar-refractivity contribution is -0.185. The number of hydrogen-bond donors (Lipinski definition) is 1. The van der Waals surface area contributed by atoms with E-state index in [9.17, 15) is 5.11 Å². The Kier molecular flexibility index (Phi) is 6.34. The highest BCUT2D eigenvalue weighted by Crippen LogP contribution is 2.29. The zero-order valence-electron chi connectivity index (χ0n) is 14.4. The van der Waals surface area contributed by atoms with Gasteiger partial charge in [-0.2, -0.15) is 0 Å². The fourth-order valence-electron chi connectivity index (χ4n) is 3.93. The minimum Gasteiger partial charge on any atom is -0.393 e. The summed E-state index contributed by atoms with van der Waals surface area (Å²) in [5, 5.41) is 9.99. The molecular formula is C19H28BNO3. The molecule has 3 rings (SSSR count). The largest absolute Gasteiger partial charge is 0.393 e. The van der Waals surface area contributed by atoms with Crippen LogP contribution >= 0.6 is 0 Å². The van der Waals surface area contributed by atoms with E-state index >= 15 is 0 Å². The molecule has 5 heteroatoms. The fraction of sp³-hybridized carbons (Fsp3) is 0.684. The van der Waals surface area contributed by atoms with Crippen LogP contribution in [0.1, 0.15) is 37.7 Å². The number of nitrogens with zero attached hydrogens (tertiary/aromatic N) is 1. The van der Waals surface area contributed by atoms with Crippen molar-refractivity contribution in [2.75, 3.05) is 26.3 Å². The van der Waals surface area contributed by atoms with Gasteiger partial charge in [-0.05, 0) is 18.4 Å². The van der Waals surface area contributed by atoms with Gasteiger partial charge in [0.25, 0.3) is 0 Å². The molecule has 2 atom stereocenters. The molecule has 1 N–H and O–H groups in total. The molecule has 2 radical (unpaired) electrons. The van der Waals surface area contributed by atoms with E-state index < -0.39 is 5.60 Å². The van der Waals surface area contributed by atoms with Gasteiger partial charge in [0.15, 0.2) is 0 Å². The highest BCUT2D eigenvalue weighted by molar-refractivity contribution is 6.11. The van der Waals surface area contributed by atoms with Crippen LogP contribution in [0.2, 0.25) is 0 Å². The Morgan fingerprint density at radius 2 is 1.96 bits per heavy atom. The molecule has 1 aromatic carbocycles. The Balaban J connectivity index is 1.59. The number of morpholine rings is 1. The standard InChI is InChI=1S/C19H28BNO3/c20-18-11-21(17-9-5-2-6-10-17)13-19(14-22,24-18)15-23-12-16-7-3-1-4-8-16/h1,3-4,7-8,17-18,22H,2,5-6,9-15H2/t18-,19-/m1/s1. The third kappa shape index (κ3) is 4.60. The van der Waals surface area contributed by atoms with Crippen LogP contribution in [0, 0.1) is 0 Å². The van der Waals surface area contributed by atoms with E-state index in [1.165, 1.54) is 32.1 Å². The van der Waals surface area contributed by atoms with Crippen LogP contribution in [-0.4, -0.2) is 61.8 Å². The normalized spacial score (nSPS) is 29.6. The van der Waals surface area contributed by atoms with E-state index in [1.807, 2.05) is 30.3 Å². The van der Waals surface area contributed by atoms with Crippen LogP contribution < -0.4 is 0 Å². The molecule has 1 aromatic rings. The summed E-state index contributed by atoms with van der Waals surface area (Å²) in [4.78, 5) is 2.41. The lowest BCUT2D eigenvalue weighted by atomic mass is 9.88. The number of aliphatic hydroxyl groups excluding tert-OH is 1. The molecule has 4 nitrogen and oxygen atoms in total. The van der Waals surface area contributed by atoms with Gasteiger partial charge >= 0.3 is 0 Å². The first-order valence-corrected chi connectivity index (χ1v) is 9.11. The summed E-state index contributed by atoms with van der Waals surface area (Å²) in [6.07, 6.45) is 6.35. The number of rotatable bonds is 6. The van der Waals surface area contributed by atoms with Gasteiger partial charge < -0.3 is 14.6 Å². The van der Waals surface area contributed by atoms with Crippen molar-refractivity contribution >= 4 is 7.85 Å². The van der Waals surface area contributed by atoms with Crippen molar-refractivity contribution in [3.05, 3.63) is 35.9 Å². The summed E-state index contributed by atoms with van der Waals surface area (Å²) in [6, 6.07) is 10.3. The molecule has 0 spiro atoms. The van der Waals surface area contributed by atoms with Crippen molar-refractivity contribution in [1.29, 1.82) is 0 Å². The summed E-state index contributed by atoms with van der Waals surface area (Å²) in [7, 11) is 6.14. The molecule has 130 valence electrons. The summed E-state index contributed by atoms with van der Waals surface area (Å²) in [5.74, 6) is 0. The SMILES string of the molecule is [B][C@H]1CN(C2CCCCC2)C[C@@](CO)(COCc2ccccc2)O1. The summed E-state index contributed by atoms with van der Waals surface area (Å²) < 4.78 is 11.8. The van der Waals surface area contributed by atoms with Crippen molar-refractivity contribution in [2.24, 2.45) is 0 Å². The second-order valence-corrected chi connectivity index (χ2v) is 7.20. The van der Waals surface area contributed by atoms with Crippen molar-refractivity contribution in [3.63, 3.8) is 0 Å². The van der Waals surface area contributed by atoms with Gasteiger partial charge in [-0.15, -0.1) is 0 Å². The van der Waals surface area contributed by atoms with Crippen LogP contribution in [0.4, 0.5) is 0 Å². The predicted octanol–water partition coefficient (Wildman–Crippen LogP) is 2.09. The average molecular weight is 329 g/mol. The van der Waals surface area contributed by atoms with Crippen LogP contribution in [0.5, 0.6) is 0 Å². The van der Waals surface area contributed by atoms with Gasteiger partial charge in [0.1, 0.15) is 13.4 Å². The van der Waals surface area contributed by atoms with E-state index in [1.54, 1.807) is 0 Å². The molecule has 1 aliphatic carbocycles. The zero-order valence-corrected chi connectivity index (χ0v) is 14.4. The van der Waals surface area contributed by atoms with Gasteiger partial charge in [-0.3, -0.25) is 4.90 Å². The lowest BCUT2D eigenvalue weighted by Crippen LogP contribution is -2.62. The van der Waals surface area contributed by atoms with E-state index in [0.29, 0.717) is 25.8 Å². The van der Waals surface area contributed by atoms with Crippen LogP contribution in [0.25, 0.3) is 0 Å². The number of benzene rings is 1. The average Bonchev–Trinajstić information content (AvgIpc) is 2.63. The van der Waals surface area contributed by atoms with Gasteiger partial charge in [0.2, 0.25) is 0 Å². The Morgan fingerprint density at radius 3 is 2.67 bits per heavy atom. The Bertz CT molecular complexity index is 495. The second kappa shape index (κ2) is 8.48. The van der Waals surface area contributed by atoms with Crippen molar-refractivity contribution < 1.29 is 14.6 Å². The lowest BCUT2D eigenvalue weighted by Gasteiger charge is -2.48.